The third kappa shape index (κ3) is 2.39. The number of fused-ring (bicyclic) bond motifs is 2. The van der Waals surface area contributed by atoms with E-state index in [2.05, 4.69) is 11.4 Å². The molecule has 1 aliphatic heterocycles. The van der Waals surface area contributed by atoms with E-state index in [1.54, 1.807) is 0 Å². The van der Waals surface area contributed by atoms with E-state index < -0.39 is 11.5 Å². The molecule has 0 saturated carbocycles. The molecule has 4 heteroatoms. The van der Waals surface area contributed by atoms with Crippen molar-refractivity contribution in [1.82, 2.24) is 5.32 Å². The second kappa shape index (κ2) is 5.39. The molecule has 0 amide bonds. The number of carboxylic acid groups (broad SMARTS) is 1. The number of nitrogens with one attached hydrogen (secondary N) is 1. The Hall–Kier alpha value is -2.33. The van der Waals surface area contributed by atoms with Crippen LogP contribution in [-0.2, 0) is 30.6 Å². The van der Waals surface area contributed by atoms with E-state index in [9.17, 15) is 9.90 Å². The summed E-state index contributed by atoms with van der Waals surface area (Å²) in [6, 6.07) is 14.1. The first kappa shape index (κ1) is 14.3. The molecule has 0 atom stereocenters. The van der Waals surface area contributed by atoms with Crippen LogP contribution in [0.3, 0.4) is 0 Å². The van der Waals surface area contributed by atoms with Crippen molar-refractivity contribution >= 4 is 5.97 Å². The van der Waals surface area contributed by atoms with Gasteiger partial charge in [0.05, 0.1) is 6.61 Å². The molecular weight excluding hydrogens is 290 g/mol. The van der Waals surface area contributed by atoms with Crippen molar-refractivity contribution in [3.8, 4) is 5.75 Å². The number of benzene rings is 2. The molecule has 0 spiro atoms. The van der Waals surface area contributed by atoms with Gasteiger partial charge in [0.25, 0.3) is 0 Å². The van der Waals surface area contributed by atoms with Gasteiger partial charge >= 0.3 is 5.97 Å². The van der Waals surface area contributed by atoms with Gasteiger partial charge in [-0.1, -0.05) is 42.5 Å². The molecule has 2 N–H and O–H groups in total. The van der Waals surface area contributed by atoms with E-state index in [1.165, 1.54) is 5.56 Å². The Labute approximate surface area is 135 Å². The molecule has 4 rings (SSSR count). The van der Waals surface area contributed by atoms with Gasteiger partial charge in [-0.2, -0.15) is 0 Å². The molecule has 23 heavy (non-hydrogen) atoms. The van der Waals surface area contributed by atoms with Crippen LogP contribution in [0.1, 0.15) is 22.3 Å². The molecule has 2 aromatic rings. The monoisotopic (exact) mass is 309 g/mol. The van der Waals surface area contributed by atoms with Crippen molar-refractivity contribution in [2.45, 2.75) is 31.3 Å². The molecule has 1 heterocycles. The van der Waals surface area contributed by atoms with Gasteiger partial charge in [0.15, 0.2) is 0 Å². The van der Waals surface area contributed by atoms with Crippen LogP contribution in [0.2, 0.25) is 0 Å². The zero-order valence-corrected chi connectivity index (χ0v) is 12.8. The molecular formula is C19H19NO3. The zero-order chi connectivity index (χ0) is 15.9. The summed E-state index contributed by atoms with van der Waals surface area (Å²) in [6.45, 7) is 1.21. The lowest BCUT2D eigenvalue weighted by Gasteiger charge is -2.26. The summed E-state index contributed by atoms with van der Waals surface area (Å²) in [5.41, 5.74) is 3.57. The molecule has 0 aromatic heterocycles. The number of carbonyl (C=O) groups is 1. The quantitative estimate of drug-likeness (QED) is 0.910. The molecule has 0 unspecified atom stereocenters. The van der Waals surface area contributed by atoms with Crippen LogP contribution in [0.15, 0.2) is 42.5 Å². The third-order valence-electron chi connectivity index (χ3n) is 4.93. The number of para-hydroxylation sites is 1. The zero-order valence-electron chi connectivity index (χ0n) is 12.8. The maximum Gasteiger partial charge on any atom is 0.324 e. The van der Waals surface area contributed by atoms with Gasteiger partial charge < -0.3 is 9.84 Å². The Morgan fingerprint density at radius 2 is 1.78 bits per heavy atom. The summed E-state index contributed by atoms with van der Waals surface area (Å²) in [5.74, 6) is 0.137. The summed E-state index contributed by atoms with van der Waals surface area (Å²) < 4.78 is 5.71. The van der Waals surface area contributed by atoms with Crippen molar-refractivity contribution < 1.29 is 14.6 Å². The Kier molecular flexibility index (Phi) is 3.34. The number of aliphatic carboxylic acids is 1. The van der Waals surface area contributed by atoms with E-state index in [0.717, 1.165) is 28.9 Å². The van der Waals surface area contributed by atoms with E-state index in [0.29, 0.717) is 26.0 Å². The maximum atomic E-state index is 12.0. The van der Waals surface area contributed by atoms with Gasteiger partial charge in [-0.25, -0.2) is 0 Å². The Balaban J connectivity index is 1.58. The largest absolute Gasteiger partial charge is 0.493 e. The highest BCUT2D eigenvalue weighted by molar-refractivity contribution is 5.81. The Morgan fingerprint density at radius 1 is 1.09 bits per heavy atom. The highest BCUT2D eigenvalue weighted by Gasteiger charge is 2.43. The van der Waals surface area contributed by atoms with Crippen molar-refractivity contribution in [1.29, 1.82) is 0 Å². The predicted octanol–water partition coefficient (Wildman–Crippen LogP) is 2.33. The summed E-state index contributed by atoms with van der Waals surface area (Å²) in [6.07, 6.45) is 1.97. The number of ether oxygens (including phenoxy) is 1. The highest BCUT2D eigenvalue weighted by Crippen LogP contribution is 2.33. The lowest BCUT2D eigenvalue weighted by Crippen LogP contribution is -2.52. The van der Waals surface area contributed by atoms with Crippen LogP contribution in [0.4, 0.5) is 0 Å². The topological polar surface area (TPSA) is 58.6 Å². The van der Waals surface area contributed by atoms with Crippen LogP contribution in [0.5, 0.6) is 5.75 Å². The van der Waals surface area contributed by atoms with Crippen molar-refractivity contribution in [3.63, 3.8) is 0 Å². The average Bonchev–Trinajstić information content (AvgIpc) is 3.17. The maximum absolute atomic E-state index is 12.0. The first-order valence-electron chi connectivity index (χ1n) is 7.97. The predicted molar refractivity (Wildman–Crippen MR) is 86.7 cm³/mol. The van der Waals surface area contributed by atoms with Gasteiger partial charge in [0.2, 0.25) is 0 Å². The standard InChI is InChI=1S/C19H19NO3/c21-18(22)19(10-14-4-1-2-5-15(14)11-19)20-12-16-7-3-6-13-8-9-23-17(13)16/h1-7,20H,8-12H2,(H,21,22). The van der Waals surface area contributed by atoms with E-state index in [1.807, 2.05) is 36.4 Å². The Bertz CT molecular complexity index is 744. The minimum Gasteiger partial charge on any atom is -0.493 e. The minimum atomic E-state index is -0.926. The van der Waals surface area contributed by atoms with E-state index in [4.69, 9.17) is 4.74 Å². The molecule has 1 aliphatic carbocycles. The van der Waals surface area contributed by atoms with Gasteiger partial charge in [0, 0.05) is 31.4 Å². The van der Waals surface area contributed by atoms with Crippen LogP contribution in [0.25, 0.3) is 0 Å². The molecule has 2 aliphatic rings. The SMILES string of the molecule is O=C(O)C1(NCc2cccc3c2OCC3)Cc2ccccc2C1. The number of carboxylic acids is 1. The summed E-state index contributed by atoms with van der Waals surface area (Å²) in [5, 5.41) is 13.1. The highest BCUT2D eigenvalue weighted by atomic mass is 16.5. The van der Waals surface area contributed by atoms with Gasteiger partial charge in [0.1, 0.15) is 11.3 Å². The van der Waals surface area contributed by atoms with Gasteiger partial charge in [-0.3, -0.25) is 10.1 Å². The van der Waals surface area contributed by atoms with Crippen LogP contribution in [-0.4, -0.2) is 23.2 Å². The first-order chi connectivity index (χ1) is 11.2. The molecule has 118 valence electrons. The fourth-order valence-corrected chi connectivity index (χ4v) is 3.65. The van der Waals surface area contributed by atoms with Crippen molar-refractivity contribution in [2.75, 3.05) is 6.61 Å². The fourth-order valence-electron chi connectivity index (χ4n) is 3.65. The molecule has 4 nitrogen and oxygen atoms in total. The molecule has 0 fully saturated rings. The second-order valence-corrected chi connectivity index (χ2v) is 6.37. The Morgan fingerprint density at radius 3 is 2.48 bits per heavy atom. The summed E-state index contributed by atoms with van der Waals surface area (Å²) in [4.78, 5) is 12.0. The average molecular weight is 309 g/mol. The van der Waals surface area contributed by atoms with E-state index in [-0.39, 0.29) is 0 Å². The smallest absolute Gasteiger partial charge is 0.324 e. The molecule has 0 saturated heterocycles. The number of hydrogen-bond donors (Lipinski definition) is 2. The first-order valence-corrected chi connectivity index (χ1v) is 7.97. The van der Waals surface area contributed by atoms with Crippen LogP contribution in [0, 0.1) is 0 Å². The van der Waals surface area contributed by atoms with Gasteiger partial charge in [-0.05, 0) is 16.7 Å². The molecule has 0 radical (unpaired) electrons. The minimum absolute atomic E-state index is 0.503. The van der Waals surface area contributed by atoms with Crippen LogP contribution < -0.4 is 10.1 Å². The van der Waals surface area contributed by atoms with Crippen molar-refractivity contribution in [3.05, 3.63) is 64.7 Å². The van der Waals surface area contributed by atoms with E-state index >= 15 is 0 Å². The fraction of sp³-hybridized carbons (Fsp3) is 0.316. The second-order valence-electron chi connectivity index (χ2n) is 6.37. The molecule has 2 aromatic carbocycles. The third-order valence-corrected chi connectivity index (χ3v) is 4.93. The summed E-state index contributed by atoms with van der Waals surface area (Å²) in [7, 11) is 0. The summed E-state index contributed by atoms with van der Waals surface area (Å²) >= 11 is 0. The number of rotatable bonds is 4. The lowest BCUT2D eigenvalue weighted by atomic mass is 9.95. The molecule has 0 bridgehead atoms. The van der Waals surface area contributed by atoms with Crippen molar-refractivity contribution in [2.24, 2.45) is 0 Å². The van der Waals surface area contributed by atoms with Gasteiger partial charge in [-0.15, -0.1) is 0 Å². The lowest BCUT2D eigenvalue weighted by molar-refractivity contribution is -0.144. The van der Waals surface area contributed by atoms with Crippen LogP contribution >= 0.6 is 0 Å². The normalized spacial score (nSPS) is 17.4. The number of hydrogen-bond acceptors (Lipinski definition) is 3.